The third-order valence-corrected chi connectivity index (χ3v) is 7.23. The van der Waals surface area contributed by atoms with Gasteiger partial charge in [0.1, 0.15) is 0 Å². The highest BCUT2D eigenvalue weighted by atomic mass is 32.2. The van der Waals surface area contributed by atoms with Gasteiger partial charge in [0.15, 0.2) is 21.3 Å². The number of hydrogen-bond donors (Lipinski definition) is 0. The average molecular weight is 402 g/mol. The Hall–Kier alpha value is -2.45. The fraction of sp³-hybridized carbons (Fsp3) is 0.263. The van der Waals surface area contributed by atoms with Crippen LogP contribution in [0.4, 0.5) is 0 Å². The minimum atomic E-state index is -3.11. The number of nitrogens with zero attached hydrogens (tertiary/aromatic N) is 2. The summed E-state index contributed by atoms with van der Waals surface area (Å²) in [5, 5.41) is 5.85. The molecule has 1 aliphatic heterocycles. The van der Waals surface area contributed by atoms with Gasteiger partial charge in [-0.3, -0.25) is 4.79 Å². The highest BCUT2D eigenvalue weighted by Gasteiger charge is 2.36. The molecule has 4 rings (SSSR count). The molecule has 1 atom stereocenters. The van der Waals surface area contributed by atoms with E-state index in [9.17, 15) is 13.2 Å². The number of hydrogen-bond acceptors (Lipinski definition) is 6. The lowest BCUT2D eigenvalue weighted by molar-refractivity contribution is 0.0670. The Morgan fingerprint density at radius 3 is 2.70 bits per heavy atom. The molecule has 140 valence electrons. The molecule has 3 heterocycles. The molecule has 2 aromatic heterocycles. The molecular formula is C19H18N2O4S2. The molecule has 27 heavy (non-hydrogen) atoms. The molecule has 1 aromatic carbocycles. The Kier molecular flexibility index (Phi) is 4.84. The number of thiophene rings is 1. The smallest absolute Gasteiger partial charge is 0.276 e. The van der Waals surface area contributed by atoms with E-state index in [1.54, 1.807) is 11.0 Å². The first-order chi connectivity index (χ1) is 13.0. The van der Waals surface area contributed by atoms with Gasteiger partial charge in [-0.25, -0.2) is 8.42 Å². The lowest BCUT2D eigenvalue weighted by atomic mass is 10.1. The highest BCUT2D eigenvalue weighted by molar-refractivity contribution is 7.91. The third-order valence-electron chi connectivity index (χ3n) is 4.60. The van der Waals surface area contributed by atoms with Gasteiger partial charge >= 0.3 is 0 Å². The first-order valence-corrected chi connectivity index (χ1v) is 11.3. The van der Waals surface area contributed by atoms with E-state index in [-0.39, 0.29) is 29.1 Å². The second-order valence-electron chi connectivity index (χ2n) is 6.53. The fourth-order valence-electron chi connectivity index (χ4n) is 3.23. The molecule has 0 N–H and O–H groups in total. The van der Waals surface area contributed by atoms with Crippen molar-refractivity contribution in [1.82, 2.24) is 10.1 Å². The first-order valence-electron chi connectivity index (χ1n) is 8.58. The van der Waals surface area contributed by atoms with Crippen molar-refractivity contribution in [2.45, 2.75) is 19.0 Å². The van der Waals surface area contributed by atoms with E-state index in [0.29, 0.717) is 18.7 Å². The quantitative estimate of drug-likeness (QED) is 0.655. The summed E-state index contributed by atoms with van der Waals surface area (Å²) in [4.78, 5) is 15.6. The molecule has 0 saturated carbocycles. The number of carbonyl (C=O) groups excluding carboxylic acids is 1. The van der Waals surface area contributed by atoms with Gasteiger partial charge in [-0.1, -0.05) is 41.6 Å². The summed E-state index contributed by atoms with van der Waals surface area (Å²) >= 11 is 1.50. The maximum atomic E-state index is 13.1. The molecule has 0 bridgehead atoms. The van der Waals surface area contributed by atoms with Crippen LogP contribution in [0.25, 0.3) is 10.6 Å². The number of amides is 1. The van der Waals surface area contributed by atoms with Crippen LogP contribution in [0.5, 0.6) is 0 Å². The van der Waals surface area contributed by atoms with Gasteiger partial charge in [-0.2, -0.15) is 0 Å². The van der Waals surface area contributed by atoms with Crippen LogP contribution in [-0.4, -0.2) is 41.9 Å². The maximum Gasteiger partial charge on any atom is 0.276 e. The summed E-state index contributed by atoms with van der Waals surface area (Å²) in [7, 11) is -3.11. The van der Waals surface area contributed by atoms with Crippen LogP contribution in [0, 0.1) is 0 Å². The SMILES string of the molecule is O=C(c1cc(-c2cccs2)on1)N(Cc1ccccc1)[C@@H]1CCS(=O)(=O)C1. The van der Waals surface area contributed by atoms with Crippen molar-refractivity contribution in [2.24, 2.45) is 0 Å². The highest BCUT2D eigenvalue weighted by Crippen LogP contribution is 2.27. The van der Waals surface area contributed by atoms with Crippen molar-refractivity contribution < 1.29 is 17.7 Å². The predicted molar refractivity (Wildman–Crippen MR) is 103 cm³/mol. The van der Waals surface area contributed by atoms with E-state index in [1.807, 2.05) is 47.8 Å². The minimum Gasteiger partial charge on any atom is -0.355 e. The number of benzene rings is 1. The molecule has 8 heteroatoms. The summed E-state index contributed by atoms with van der Waals surface area (Å²) in [5.41, 5.74) is 1.13. The second-order valence-corrected chi connectivity index (χ2v) is 9.71. The van der Waals surface area contributed by atoms with E-state index in [1.165, 1.54) is 11.3 Å². The van der Waals surface area contributed by atoms with Crippen molar-refractivity contribution in [3.05, 3.63) is 65.2 Å². The van der Waals surface area contributed by atoms with Crippen LogP contribution in [0.2, 0.25) is 0 Å². The van der Waals surface area contributed by atoms with Gasteiger partial charge in [0.2, 0.25) is 0 Å². The Balaban J connectivity index is 1.62. The number of aromatic nitrogens is 1. The molecule has 1 aliphatic rings. The normalized spacial score (nSPS) is 18.4. The molecule has 1 fully saturated rings. The maximum absolute atomic E-state index is 13.1. The molecule has 6 nitrogen and oxygen atoms in total. The van der Waals surface area contributed by atoms with Crippen molar-refractivity contribution >= 4 is 27.1 Å². The Morgan fingerprint density at radius 2 is 2.04 bits per heavy atom. The molecule has 0 unspecified atom stereocenters. The Morgan fingerprint density at radius 1 is 1.22 bits per heavy atom. The molecule has 0 aliphatic carbocycles. The van der Waals surface area contributed by atoms with Crippen LogP contribution in [-0.2, 0) is 16.4 Å². The zero-order chi connectivity index (χ0) is 18.9. The monoisotopic (exact) mass is 402 g/mol. The lowest BCUT2D eigenvalue weighted by Crippen LogP contribution is -2.40. The number of rotatable bonds is 5. The van der Waals surface area contributed by atoms with Crippen LogP contribution in [0.15, 0.2) is 58.4 Å². The van der Waals surface area contributed by atoms with Gasteiger partial charge < -0.3 is 9.42 Å². The van der Waals surface area contributed by atoms with Crippen molar-refractivity contribution in [2.75, 3.05) is 11.5 Å². The summed E-state index contributed by atoms with van der Waals surface area (Å²) in [6, 6.07) is 14.6. The molecule has 1 amide bonds. The topological polar surface area (TPSA) is 80.5 Å². The third kappa shape index (κ3) is 3.96. The minimum absolute atomic E-state index is 0.0127. The summed E-state index contributed by atoms with van der Waals surface area (Å²) in [5.74, 6) is 0.316. The van der Waals surface area contributed by atoms with Crippen LogP contribution in [0.1, 0.15) is 22.5 Å². The van der Waals surface area contributed by atoms with Crippen LogP contribution < -0.4 is 0 Å². The van der Waals surface area contributed by atoms with Gasteiger partial charge in [-0.05, 0) is 23.4 Å². The van der Waals surface area contributed by atoms with Gasteiger partial charge in [-0.15, -0.1) is 11.3 Å². The van der Waals surface area contributed by atoms with Crippen LogP contribution >= 0.6 is 11.3 Å². The van der Waals surface area contributed by atoms with E-state index >= 15 is 0 Å². The zero-order valence-electron chi connectivity index (χ0n) is 14.4. The van der Waals surface area contributed by atoms with Gasteiger partial charge in [0, 0.05) is 18.7 Å². The van der Waals surface area contributed by atoms with E-state index in [2.05, 4.69) is 5.16 Å². The van der Waals surface area contributed by atoms with E-state index < -0.39 is 9.84 Å². The molecule has 3 aromatic rings. The molecule has 1 saturated heterocycles. The largest absolute Gasteiger partial charge is 0.355 e. The van der Waals surface area contributed by atoms with Gasteiger partial charge in [0.05, 0.1) is 16.4 Å². The summed E-state index contributed by atoms with van der Waals surface area (Å²) in [6.07, 6.45) is 0.441. The number of sulfone groups is 1. The molecule has 0 spiro atoms. The second kappa shape index (κ2) is 7.28. The zero-order valence-corrected chi connectivity index (χ0v) is 16.1. The summed E-state index contributed by atoms with van der Waals surface area (Å²) < 4.78 is 29.2. The lowest BCUT2D eigenvalue weighted by Gasteiger charge is -2.27. The average Bonchev–Trinajstić information content (AvgIpc) is 3.40. The van der Waals surface area contributed by atoms with Crippen molar-refractivity contribution in [3.8, 4) is 10.6 Å². The van der Waals surface area contributed by atoms with Gasteiger partial charge in [0.25, 0.3) is 5.91 Å². The van der Waals surface area contributed by atoms with Crippen LogP contribution in [0.3, 0.4) is 0 Å². The van der Waals surface area contributed by atoms with E-state index in [4.69, 9.17) is 4.52 Å². The standard InChI is InChI=1S/C19H18N2O4S2/c22-19(16-11-17(25-20-16)18-7-4-9-26-18)21(12-14-5-2-1-3-6-14)15-8-10-27(23,24)13-15/h1-7,9,11,15H,8,10,12-13H2/t15-/m1/s1. The van der Waals surface area contributed by atoms with Crippen molar-refractivity contribution in [1.29, 1.82) is 0 Å². The summed E-state index contributed by atoms with van der Waals surface area (Å²) in [6.45, 7) is 0.334. The number of carbonyl (C=O) groups is 1. The fourth-order valence-corrected chi connectivity index (χ4v) is 5.63. The predicted octanol–water partition coefficient (Wildman–Crippen LogP) is 3.23. The van der Waals surface area contributed by atoms with Crippen molar-refractivity contribution in [3.63, 3.8) is 0 Å². The van der Waals surface area contributed by atoms with E-state index in [0.717, 1.165) is 10.4 Å². The Labute approximate surface area is 161 Å². The molecule has 0 radical (unpaired) electrons. The first kappa shape index (κ1) is 17.9. The molecular weight excluding hydrogens is 384 g/mol. The Bertz CT molecular complexity index is 1030.